The van der Waals surface area contributed by atoms with E-state index in [0.29, 0.717) is 5.78 Å². The Bertz CT molecular complexity index is 307. The van der Waals surface area contributed by atoms with Gasteiger partial charge in [0, 0.05) is 19.5 Å². The Labute approximate surface area is 117 Å². The van der Waals surface area contributed by atoms with Gasteiger partial charge in [-0.1, -0.05) is 33.6 Å². The number of hydrogen-bond acceptors (Lipinski definition) is 3. The van der Waals surface area contributed by atoms with Crippen LogP contribution in [0, 0.1) is 5.41 Å². The van der Waals surface area contributed by atoms with Crippen molar-refractivity contribution in [2.75, 3.05) is 26.3 Å². The van der Waals surface area contributed by atoms with Gasteiger partial charge in [0.1, 0.15) is 0 Å². The van der Waals surface area contributed by atoms with Crippen LogP contribution in [0.5, 0.6) is 0 Å². The molecule has 110 valence electrons. The van der Waals surface area contributed by atoms with Gasteiger partial charge in [-0.3, -0.25) is 9.69 Å². The van der Waals surface area contributed by atoms with E-state index in [4.69, 9.17) is 4.74 Å². The van der Waals surface area contributed by atoms with Crippen molar-refractivity contribution < 1.29 is 9.53 Å². The average Bonchev–Trinajstić information content (AvgIpc) is 2.87. The minimum Gasteiger partial charge on any atom is -0.379 e. The van der Waals surface area contributed by atoms with Crippen molar-refractivity contribution in [2.45, 2.75) is 64.8 Å². The van der Waals surface area contributed by atoms with Crippen LogP contribution in [0.3, 0.4) is 0 Å². The van der Waals surface area contributed by atoms with E-state index in [1.165, 1.54) is 12.8 Å². The molecule has 2 aliphatic rings. The molecular weight excluding hydrogens is 238 g/mol. The maximum absolute atomic E-state index is 12.8. The molecular formula is C16H29NO2. The molecule has 0 spiro atoms. The van der Waals surface area contributed by atoms with Crippen LogP contribution in [0.15, 0.2) is 0 Å². The molecule has 0 amide bonds. The molecule has 3 nitrogen and oxygen atoms in total. The Kier molecular flexibility index (Phi) is 4.67. The first kappa shape index (κ1) is 15.0. The zero-order valence-electron chi connectivity index (χ0n) is 12.8. The number of nitrogens with zero attached hydrogens (tertiary/aromatic N) is 1. The van der Waals surface area contributed by atoms with Gasteiger partial charge in [0.15, 0.2) is 5.78 Å². The van der Waals surface area contributed by atoms with Crippen molar-refractivity contribution in [3.8, 4) is 0 Å². The fraction of sp³-hybridized carbons (Fsp3) is 0.938. The lowest BCUT2D eigenvalue weighted by molar-refractivity contribution is -0.135. The lowest BCUT2D eigenvalue weighted by Crippen LogP contribution is -2.56. The molecule has 0 radical (unpaired) electrons. The van der Waals surface area contributed by atoms with Gasteiger partial charge in [-0.05, 0) is 24.7 Å². The molecule has 2 fully saturated rings. The topological polar surface area (TPSA) is 29.5 Å². The standard InChI is InChI=1S/C16H29NO2/c1-15(2,3)9-6-14(18)16(7-4-5-8-16)17-10-12-19-13-11-17/h4-13H2,1-3H3. The van der Waals surface area contributed by atoms with Crippen molar-refractivity contribution in [3.63, 3.8) is 0 Å². The van der Waals surface area contributed by atoms with Crippen molar-refractivity contribution in [1.29, 1.82) is 0 Å². The highest BCUT2D eigenvalue weighted by molar-refractivity contribution is 5.88. The van der Waals surface area contributed by atoms with Crippen LogP contribution in [0.2, 0.25) is 0 Å². The molecule has 1 aliphatic heterocycles. The number of ether oxygens (including phenoxy) is 1. The molecule has 3 heteroatoms. The van der Waals surface area contributed by atoms with Crippen molar-refractivity contribution in [3.05, 3.63) is 0 Å². The third-order valence-electron chi connectivity index (χ3n) is 4.67. The zero-order chi connectivity index (χ0) is 13.9. The second-order valence-corrected chi connectivity index (χ2v) is 7.32. The van der Waals surface area contributed by atoms with E-state index < -0.39 is 0 Å². The third-order valence-corrected chi connectivity index (χ3v) is 4.67. The van der Waals surface area contributed by atoms with Crippen LogP contribution in [0.25, 0.3) is 0 Å². The minimum absolute atomic E-state index is 0.144. The van der Waals surface area contributed by atoms with Gasteiger partial charge in [-0.15, -0.1) is 0 Å². The minimum atomic E-state index is -0.144. The number of carbonyl (C=O) groups is 1. The van der Waals surface area contributed by atoms with E-state index in [-0.39, 0.29) is 11.0 Å². The molecule has 19 heavy (non-hydrogen) atoms. The monoisotopic (exact) mass is 267 g/mol. The number of hydrogen-bond donors (Lipinski definition) is 0. The summed E-state index contributed by atoms with van der Waals surface area (Å²) in [7, 11) is 0. The van der Waals surface area contributed by atoms with E-state index in [1.807, 2.05) is 0 Å². The second kappa shape index (κ2) is 5.92. The van der Waals surface area contributed by atoms with Crippen LogP contribution in [0.1, 0.15) is 59.3 Å². The molecule has 1 saturated carbocycles. The summed E-state index contributed by atoms with van der Waals surface area (Å²) in [5.41, 5.74) is 0.107. The summed E-state index contributed by atoms with van der Waals surface area (Å²) in [5, 5.41) is 0. The quantitative estimate of drug-likeness (QED) is 0.784. The molecule has 0 N–H and O–H groups in total. The molecule has 0 aromatic heterocycles. The summed E-state index contributed by atoms with van der Waals surface area (Å²) in [4.78, 5) is 15.3. The SMILES string of the molecule is CC(C)(C)CCC(=O)C1(N2CCOCC2)CCCC1. The predicted octanol–water partition coefficient (Wildman–Crippen LogP) is 3.03. The normalized spacial score (nSPS) is 24.6. The average molecular weight is 267 g/mol. The van der Waals surface area contributed by atoms with Crippen LogP contribution >= 0.6 is 0 Å². The van der Waals surface area contributed by atoms with Gasteiger partial charge in [-0.2, -0.15) is 0 Å². The number of Topliss-reactive ketones (excluding diaryl/α,β-unsaturated/α-hetero) is 1. The largest absolute Gasteiger partial charge is 0.379 e. The van der Waals surface area contributed by atoms with Gasteiger partial charge in [0.05, 0.1) is 18.8 Å². The Morgan fingerprint density at radius 3 is 2.26 bits per heavy atom. The maximum Gasteiger partial charge on any atom is 0.153 e. The van der Waals surface area contributed by atoms with Gasteiger partial charge >= 0.3 is 0 Å². The van der Waals surface area contributed by atoms with E-state index in [2.05, 4.69) is 25.7 Å². The van der Waals surface area contributed by atoms with E-state index >= 15 is 0 Å². The zero-order valence-corrected chi connectivity index (χ0v) is 12.8. The number of morpholine rings is 1. The van der Waals surface area contributed by atoms with Gasteiger partial charge in [-0.25, -0.2) is 0 Å². The van der Waals surface area contributed by atoms with Crippen LogP contribution in [-0.4, -0.2) is 42.5 Å². The van der Waals surface area contributed by atoms with E-state index in [9.17, 15) is 4.79 Å². The second-order valence-electron chi connectivity index (χ2n) is 7.32. The Hall–Kier alpha value is -0.410. The maximum atomic E-state index is 12.8. The number of rotatable bonds is 4. The summed E-state index contributed by atoms with van der Waals surface area (Å²) in [6, 6.07) is 0. The molecule has 0 aromatic rings. The highest BCUT2D eigenvalue weighted by Crippen LogP contribution is 2.38. The Morgan fingerprint density at radius 2 is 1.74 bits per heavy atom. The molecule has 0 bridgehead atoms. The number of ketones is 1. The lowest BCUT2D eigenvalue weighted by Gasteiger charge is -2.42. The molecule has 2 rings (SSSR count). The Morgan fingerprint density at radius 1 is 1.16 bits per heavy atom. The summed E-state index contributed by atoms with van der Waals surface area (Å²) in [6.07, 6.45) is 6.28. The fourth-order valence-electron chi connectivity index (χ4n) is 3.44. The Balaban J connectivity index is 2.03. The van der Waals surface area contributed by atoms with Crippen LogP contribution in [-0.2, 0) is 9.53 Å². The highest BCUT2D eigenvalue weighted by atomic mass is 16.5. The predicted molar refractivity (Wildman–Crippen MR) is 77.3 cm³/mol. The first-order chi connectivity index (χ1) is 8.94. The molecule has 0 atom stereocenters. The molecule has 1 saturated heterocycles. The van der Waals surface area contributed by atoms with Crippen LogP contribution < -0.4 is 0 Å². The van der Waals surface area contributed by atoms with Gasteiger partial charge < -0.3 is 4.74 Å². The molecule has 0 unspecified atom stereocenters. The third kappa shape index (κ3) is 3.57. The van der Waals surface area contributed by atoms with Crippen LogP contribution in [0.4, 0.5) is 0 Å². The van der Waals surface area contributed by atoms with E-state index in [0.717, 1.165) is 52.0 Å². The van der Waals surface area contributed by atoms with Gasteiger partial charge in [0.25, 0.3) is 0 Å². The van der Waals surface area contributed by atoms with Gasteiger partial charge in [0.2, 0.25) is 0 Å². The first-order valence-corrected chi connectivity index (χ1v) is 7.80. The molecule has 0 aromatic carbocycles. The van der Waals surface area contributed by atoms with Crippen molar-refractivity contribution in [1.82, 2.24) is 4.90 Å². The van der Waals surface area contributed by atoms with E-state index in [1.54, 1.807) is 0 Å². The lowest BCUT2D eigenvalue weighted by atomic mass is 9.82. The summed E-state index contributed by atoms with van der Waals surface area (Å²) < 4.78 is 5.45. The first-order valence-electron chi connectivity index (χ1n) is 7.80. The molecule has 1 heterocycles. The smallest absolute Gasteiger partial charge is 0.153 e. The van der Waals surface area contributed by atoms with Crippen molar-refractivity contribution >= 4 is 5.78 Å². The summed E-state index contributed by atoms with van der Waals surface area (Å²) in [5.74, 6) is 0.488. The number of carbonyl (C=O) groups excluding carboxylic acids is 1. The highest BCUT2D eigenvalue weighted by Gasteiger charge is 2.45. The summed E-state index contributed by atoms with van der Waals surface area (Å²) in [6.45, 7) is 10.1. The summed E-state index contributed by atoms with van der Waals surface area (Å²) >= 11 is 0. The fourth-order valence-corrected chi connectivity index (χ4v) is 3.44. The van der Waals surface area contributed by atoms with Crippen molar-refractivity contribution in [2.24, 2.45) is 5.41 Å². The molecule has 1 aliphatic carbocycles.